The summed E-state index contributed by atoms with van der Waals surface area (Å²) < 4.78 is 5.45. The molecule has 4 nitrogen and oxygen atoms in total. The Balaban J connectivity index is 2.06. The maximum atomic E-state index is 11.7. The minimum atomic E-state index is -0.00553. The number of aryl methyl sites for hydroxylation is 1. The van der Waals surface area contributed by atoms with Crippen molar-refractivity contribution < 1.29 is 9.53 Å². The van der Waals surface area contributed by atoms with Gasteiger partial charge in [0, 0.05) is 12.3 Å². The lowest BCUT2D eigenvalue weighted by Gasteiger charge is -2.08. The maximum absolute atomic E-state index is 11.7. The third kappa shape index (κ3) is 7.92. The molecule has 4 heteroatoms. The molecule has 0 atom stereocenters. The number of hydrogen-bond donors (Lipinski definition) is 2. The van der Waals surface area contributed by atoms with Gasteiger partial charge in [0.2, 0.25) is 5.91 Å². The van der Waals surface area contributed by atoms with Crippen LogP contribution < -0.4 is 10.6 Å². The Morgan fingerprint density at radius 1 is 1.30 bits per heavy atom. The molecule has 0 saturated heterocycles. The van der Waals surface area contributed by atoms with Crippen LogP contribution in [0.25, 0.3) is 0 Å². The van der Waals surface area contributed by atoms with Crippen LogP contribution in [0, 0.1) is 6.92 Å². The summed E-state index contributed by atoms with van der Waals surface area (Å²) in [5.41, 5.74) is 1.99. The van der Waals surface area contributed by atoms with Crippen molar-refractivity contribution in [2.24, 2.45) is 0 Å². The molecule has 0 spiro atoms. The van der Waals surface area contributed by atoms with Gasteiger partial charge in [-0.15, -0.1) is 0 Å². The van der Waals surface area contributed by atoms with Crippen LogP contribution in [0.15, 0.2) is 24.3 Å². The van der Waals surface area contributed by atoms with Gasteiger partial charge < -0.3 is 15.4 Å². The van der Waals surface area contributed by atoms with E-state index in [1.54, 1.807) is 0 Å². The van der Waals surface area contributed by atoms with Crippen molar-refractivity contribution >= 4 is 11.6 Å². The van der Waals surface area contributed by atoms with Crippen LogP contribution in [-0.4, -0.2) is 31.7 Å². The molecule has 1 aromatic rings. The molecule has 1 rings (SSSR count). The smallest absolute Gasteiger partial charge is 0.238 e. The van der Waals surface area contributed by atoms with Gasteiger partial charge in [0.1, 0.15) is 0 Å². The second-order valence-corrected chi connectivity index (χ2v) is 5.22. The van der Waals surface area contributed by atoms with Crippen LogP contribution in [0.1, 0.15) is 32.3 Å². The number of carbonyl (C=O) groups is 1. The fourth-order valence-electron chi connectivity index (χ4n) is 1.80. The van der Waals surface area contributed by atoms with Crippen molar-refractivity contribution in [2.75, 3.05) is 25.0 Å². The molecule has 112 valence electrons. The van der Waals surface area contributed by atoms with Gasteiger partial charge in [-0.2, -0.15) is 0 Å². The minimum Gasteiger partial charge on any atom is -0.379 e. The number of anilines is 1. The summed E-state index contributed by atoms with van der Waals surface area (Å²) >= 11 is 0. The van der Waals surface area contributed by atoms with E-state index in [1.165, 1.54) is 0 Å². The van der Waals surface area contributed by atoms with Gasteiger partial charge in [-0.25, -0.2) is 0 Å². The molecule has 0 fully saturated rings. The van der Waals surface area contributed by atoms with Gasteiger partial charge in [-0.3, -0.25) is 4.79 Å². The maximum Gasteiger partial charge on any atom is 0.238 e. The van der Waals surface area contributed by atoms with E-state index in [9.17, 15) is 4.79 Å². The lowest BCUT2D eigenvalue weighted by molar-refractivity contribution is -0.115. The summed E-state index contributed by atoms with van der Waals surface area (Å²) in [6, 6.07) is 7.80. The van der Waals surface area contributed by atoms with Gasteiger partial charge >= 0.3 is 0 Å². The van der Waals surface area contributed by atoms with Crippen LogP contribution in [-0.2, 0) is 9.53 Å². The SMILES string of the molecule is Cc1cccc(NC(=O)CNCCCCOC(C)C)c1. The molecule has 2 N–H and O–H groups in total. The van der Waals surface area contributed by atoms with E-state index in [4.69, 9.17) is 4.74 Å². The molecule has 0 aliphatic carbocycles. The Morgan fingerprint density at radius 2 is 2.10 bits per heavy atom. The predicted molar refractivity (Wildman–Crippen MR) is 83.0 cm³/mol. The number of carbonyl (C=O) groups excluding carboxylic acids is 1. The highest BCUT2D eigenvalue weighted by Gasteiger charge is 2.01. The van der Waals surface area contributed by atoms with Gasteiger partial charge in [0.15, 0.2) is 0 Å². The summed E-state index contributed by atoms with van der Waals surface area (Å²) in [4.78, 5) is 11.7. The lowest BCUT2D eigenvalue weighted by Crippen LogP contribution is -2.28. The zero-order chi connectivity index (χ0) is 14.8. The van der Waals surface area contributed by atoms with Gasteiger partial charge in [-0.1, -0.05) is 12.1 Å². The number of unbranched alkanes of at least 4 members (excludes halogenated alkanes) is 1. The van der Waals surface area contributed by atoms with E-state index in [0.29, 0.717) is 12.6 Å². The molecule has 0 unspecified atom stereocenters. The Hall–Kier alpha value is -1.39. The first-order valence-corrected chi connectivity index (χ1v) is 7.27. The zero-order valence-corrected chi connectivity index (χ0v) is 12.7. The van der Waals surface area contributed by atoms with Gasteiger partial charge in [0.25, 0.3) is 0 Å². The van der Waals surface area contributed by atoms with E-state index in [2.05, 4.69) is 10.6 Å². The van der Waals surface area contributed by atoms with Crippen LogP contribution in [0.3, 0.4) is 0 Å². The van der Waals surface area contributed by atoms with Crippen LogP contribution in [0.5, 0.6) is 0 Å². The van der Waals surface area contributed by atoms with Crippen LogP contribution >= 0.6 is 0 Å². The molecule has 1 amide bonds. The zero-order valence-electron chi connectivity index (χ0n) is 12.7. The van der Waals surface area contributed by atoms with Gasteiger partial charge in [0.05, 0.1) is 12.6 Å². The molecular formula is C16H26N2O2. The monoisotopic (exact) mass is 278 g/mol. The number of nitrogens with one attached hydrogen (secondary N) is 2. The first-order chi connectivity index (χ1) is 9.58. The fraction of sp³-hybridized carbons (Fsp3) is 0.562. The Kier molecular flexibility index (Phi) is 7.92. The molecule has 20 heavy (non-hydrogen) atoms. The third-order valence-electron chi connectivity index (χ3n) is 2.79. The van der Waals surface area contributed by atoms with Crippen LogP contribution in [0.4, 0.5) is 5.69 Å². The Morgan fingerprint density at radius 3 is 2.80 bits per heavy atom. The Bertz CT molecular complexity index is 405. The van der Waals surface area contributed by atoms with E-state index < -0.39 is 0 Å². The first kappa shape index (κ1) is 16.7. The summed E-state index contributed by atoms with van der Waals surface area (Å²) in [5.74, 6) is -0.00553. The average Bonchev–Trinajstić information content (AvgIpc) is 2.37. The van der Waals surface area contributed by atoms with Gasteiger partial charge in [-0.05, 0) is 57.9 Å². The largest absolute Gasteiger partial charge is 0.379 e. The lowest BCUT2D eigenvalue weighted by atomic mass is 10.2. The molecule has 0 radical (unpaired) electrons. The topological polar surface area (TPSA) is 50.4 Å². The quantitative estimate of drug-likeness (QED) is 0.683. The highest BCUT2D eigenvalue weighted by molar-refractivity contribution is 5.92. The molecule has 1 aromatic carbocycles. The number of ether oxygens (including phenoxy) is 1. The molecule has 0 heterocycles. The number of benzene rings is 1. The van der Waals surface area contributed by atoms with Crippen molar-refractivity contribution in [3.05, 3.63) is 29.8 Å². The average molecular weight is 278 g/mol. The Labute approximate surface area is 121 Å². The van der Waals surface area contributed by atoms with Crippen molar-refractivity contribution in [3.63, 3.8) is 0 Å². The summed E-state index contributed by atoms with van der Waals surface area (Å²) in [6.07, 6.45) is 2.33. The summed E-state index contributed by atoms with van der Waals surface area (Å²) in [6.45, 7) is 8.05. The highest BCUT2D eigenvalue weighted by atomic mass is 16.5. The third-order valence-corrected chi connectivity index (χ3v) is 2.79. The molecule has 0 aliphatic rings. The standard InChI is InChI=1S/C16H26N2O2/c1-13(2)20-10-5-4-9-17-12-16(19)18-15-8-6-7-14(3)11-15/h6-8,11,13,17H,4-5,9-10,12H2,1-3H3,(H,18,19). The van der Waals surface area contributed by atoms with E-state index in [-0.39, 0.29) is 5.91 Å². The van der Waals surface area contributed by atoms with Crippen LogP contribution in [0.2, 0.25) is 0 Å². The van der Waals surface area contributed by atoms with Crippen molar-refractivity contribution in [1.82, 2.24) is 5.32 Å². The minimum absolute atomic E-state index is 0.00553. The second kappa shape index (κ2) is 9.50. The normalized spacial score (nSPS) is 10.8. The number of rotatable bonds is 9. The molecule has 0 aliphatic heterocycles. The molecule has 0 bridgehead atoms. The summed E-state index contributed by atoms with van der Waals surface area (Å²) in [7, 11) is 0. The van der Waals surface area contributed by atoms with Crippen molar-refractivity contribution in [2.45, 2.75) is 39.7 Å². The summed E-state index contributed by atoms with van der Waals surface area (Å²) in [5, 5.41) is 6.01. The van der Waals surface area contributed by atoms with E-state index in [0.717, 1.165) is 37.2 Å². The van der Waals surface area contributed by atoms with Crippen molar-refractivity contribution in [3.8, 4) is 0 Å². The number of hydrogen-bond acceptors (Lipinski definition) is 3. The van der Waals surface area contributed by atoms with Crippen molar-refractivity contribution in [1.29, 1.82) is 0 Å². The van der Waals surface area contributed by atoms with E-state index in [1.807, 2.05) is 45.0 Å². The molecular weight excluding hydrogens is 252 g/mol. The molecule has 0 aromatic heterocycles. The predicted octanol–water partition coefficient (Wildman–Crippen LogP) is 2.73. The number of amides is 1. The first-order valence-electron chi connectivity index (χ1n) is 7.27. The second-order valence-electron chi connectivity index (χ2n) is 5.22. The highest BCUT2D eigenvalue weighted by Crippen LogP contribution is 2.08. The fourth-order valence-corrected chi connectivity index (χ4v) is 1.80. The van der Waals surface area contributed by atoms with E-state index >= 15 is 0 Å². The molecule has 0 saturated carbocycles.